The number of amides is 2. The zero-order valence-electron chi connectivity index (χ0n) is 15.0. The van der Waals surface area contributed by atoms with Crippen LogP contribution in [0.25, 0.3) is 23.0 Å². The Kier molecular flexibility index (Phi) is 4.46. The first-order valence-electron chi connectivity index (χ1n) is 8.61. The van der Waals surface area contributed by atoms with Gasteiger partial charge in [0.1, 0.15) is 0 Å². The number of benzene rings is 2. The van der Waals surface area contributed by atoms with E-state index >= 15 is 0 Å². The van der Waals surface area contributed by atoms with Crippen LogP contribution in [0.15, 0.2) is 71.6 Å². The van der Waals surface area contributed by atoms with Crippen LogP contribution in [-0.2, 0) is 4.79 Å². The molecule has 2 heterocycles. The molecular weight excluding hydrogens is 356 g/mol. The number of aromatic nitrogens is 1. The van der Waals surface area contributed by atoms with Gasteiger partial charge in [-0.15, -0.1) is 0 Å². The molecule has 0 radical (unpaired) electrons. The van der Waals surface area contributed by atoms with Gasteiger partial charge in [-0.2, -0.15) is 0 Å². The van der Waals surface area contributed by atoms with Crippen molar-refractivity contribution in [2.75, 3.05) is 7.05 Å². The Labute approximate surface area is 162 Å². The second-order valence-corrected chi connectivity index (χ2v) is 7.36. The number of carbonyl (C=O) groups excluding carboxylic acids is 2. The Morgan fingerprint density at radius 3 is 2.15 bits per heavy atom. The molecule has 1 aliphatic heterocycles. The fourth-order valence-electron chi connectivity index (χ4n) is 3.26. The van der Waals surface area contributed by atoms with Gasteiger partial charge in [0.2, 0.25) is 0 Å². The molecule has 2 aromatic carbocycles. The van der Waals surface area contributed by atoms with E-state index in [4.69, 9.17) is 0 Å². The lowest BCUT2D eigenvalue weighted by Gasteiger charge is -2.13. The van der Waals surface area contributed by atoms with Gasteiger partial charge in [0.05, 0.1) is 10.6 Å². The van der Waals surface area contributed by atoms with E-state index in [0.29, 0.717) is 4.91 Å². The number of carbonyl (C=O) groups is 2. The van der Waals surface area contributed by atoms with Crippen molar-refractivity contribution in [2.24, 2.45) is 0 Å². The highest BCUT2D eigenvalue weighted by Crippen LogP contribution is 2.36. The quantitative estimate of drug-likeness (QED) is 0.598. The molecule has 0 N–H and O–H groups in total. The van der Waals surface area contributed by atoms with Gasteiger partial charge in [-0.1, -0.05) is 48.5 Å². The number of hydrogen-bond acceptors (Lipinski definition) is 3. The average Bonchev–Trinajstić information content (AvgIpc) is 3.14. The molecular formula is C22H18N2O2S. The van der Waals surface area contributed by atoms with Gasteiger partial charge < -0.3 is 4.57 Å². The molecule has 27 heavy (non-hydrogen) atoms. The Morgan fingerprint density at radius 2 is 1.56 bits per heavy atom. The summed E-state index contributed by atoms with van der Waals surface area (Å²) in [5, 5.41) is -0.244. The molecule has 3 aromatic rings. The van der Waals surface area contributed by atoms with Crippen LogP contribution in [0, 0.1) is 6.92 Å². The predicted octanol–water partition coefficient (Wildman–Crippen LogP) is 5.12. The van der Waals surface area contributed by atoms with Crippen molar-refractivity contribution in [1.82, 2.24) is 9.47 Å². The average molecular weight is 374 g/mol. The van der Waals surface area contributed by atoms with E-state index < -0.39 is 0 Å². The molecule has 0 atom stereocenters. The van der Waals surface area contributed by atoms with E-state index in [1.54, 1.807) is 0 Å². The summed E-state index contributed by atoms with van der Waals surface area (Å²) < 4.78 is 2.18. The summed E-state index contributed by atoms with van der Waals surface area (Å²) in [6.07, 6.45) is 1.82. The van der Waals surface area contributed by atoms with Crippen molar-refractivity contribution < 1.29 is 9.59 Å². The molecule has 0 aliphatic carbocycles. The van der Waals surface area contributed by atoms with E-state index in [9.17, 15) is 9.59 Å². The number of para-hydroxylation sites is 1. The zero-order chi connectivity index (χ0) is 19.0. The third-order valence-corrected chi connectivity index (χ3v) is 5.51. The van der Waals surface area contributed by atoms with Crippen molar-refractivity contribution in [3.8, 4) is 16.9 Å². The molecule has 1 aromatic heterocycles. The highest BCUT2D eigenvalue weighted by Gasteiger charge is 2.32. The van der Waals surface area contributed by atoms with Gasteiger partial charge in [-0.3, -0.25) is 14.5 Å². The largest absolute Gasteiger partial charge is 0.313 e. The minimum Gasteiger partial charge on any atom is -0.313 e. The number of nitrogens with zero attached hydrogens (tertiary/aromatic N) is 2. The van der Waals surface area contributed by atoms with Gasteiger partial charge in [0.25, 0.3) is 11.1 Å². The SMILES string of the molecule is Cc1cc(/C=C2/SC(=O)N(C)C2=O)c(-c2ccccc2)n1-c1ccccc1. The summed E-state index contributed by atoms with van der Waals surface area (Å²) >= 11 is 0.981. The first-order chi connectivity index (χ1) is 13.1. The third kappa shape index (κ3) is 3.11. The molecule has 0 bridgehead atoms. The molecule has 0 unspecified atom stereocenters. The minimum atomic E-state index is -0.255. The number of hydrogen-bond donors (Lipinski definition) is 0. The maximum Gasteiger partial charge on any atom is 0.293 e. The second kappa shape index (κ2) is 6.93. The van der Waals surface area contributed by atoms with Crippen molar-refractivity contribution in [1.29, 1.82) is 0 Å². The fraction of sp³-hybridized carbons (Fsp3) is 0.0909. The van der Waals surface area contributed by atoms with Crippen molar-refractivity contribution >= 4 is 29.0 Å². The molecule has 0 spiro atoms. The summed E-state index contributed by atoms with van der Waals surface area (Å²) in [4.78, 5) is 25.8. The van der Waals surface area contributed by atoms with E-state index in [2.05, 4.69) is 34.9 Å². The van der Waals surface area contributed by atoms with Crippen LogP contribution in [0.5, 0.6) is 0 Å². The molecule has 4 rings (SSSR count). The molecule has 4 nitrogen and oxygen atoms in total. The lowest BCUT2D eigenvalue weighted by molar-refractivity contribution is -0.121. The number of rotatable bonds is 3. The van der Waals surface area contributed by atoms with Crippen LogP contribution in [-0.4, -0.2) is 27.7 Å². The zero-order valence-corrected chi connectivity index (χ0v) is 15.9. The highest BCUT2D eigenvalue weighted by atomic mass is 32.2. The lowest BCUT2D eigenvalue weighted by Crippen LogP contribution is -2.22. The van der Waals surface area contributed by atoms with E-state index in [1.165, 1.54) is 7.05 Å². The van der Waals surface area contributed by atoms with Crippen LogP contribution >= 0.6 is 11.8 Å². The summed E-state index contributed by atoms with van der Waals surface area (Å²) in [7, 11) is 1.51. The number of likely N-dealkylation sites (N-methyl/N-ethyl adjacent to an activating group) is 1. The van der Waals surface area contributed by atoms with Gasteiger partial charge in [0.15, 0.2) is 0 Å². The van der Waals surface area contributed by atoms with Gasteiger partial charge in [-0.25, -0.2) is 0 Å². The predicted molar refractivity (Wildman–Crippen MR) is 110 cm³/mol. The normalized spacial score (nSPS) is 15.8. The Bertz CT molecular complexity index is 1050. The molecule has 2 amide bonds. The second-order valence-electron chi connectivity index (χ2n) is 6.37. The number of thioether (sulfide) groups is 1. The van der Waals surface area contributed by atoms with Gasteiger partial charge in [0, 0.05) is 24.0 Å². The highest BCUT2D eigenvalue weighted by molar-refractivity contribution is 8.18. The van der Waals surface area contributed by atoms with Gasteiger partial charge in [-0.05, 0) is 48.5 Å². The maximum absolute atomic E-state index is 12.3. The number of imide groups is 1. The minimum absolute atomic E-state index is 0.244. The third-order valence-electron chi connectivity index (χ3n) is 4.55. The molecule has 1 saturated heterocycles. The molecule has 5 heteroatoms. The van der Waals surface area contributed by atoms with E-state index in [-0.39, 0.29) is 11.1 Å². The van der Waals surface area contributed by atoms with Crippen LogP contribution < -0.4 is 0 Å². The number of aryl methyl sites for hydroxylation is 1. The lowest BCUT2D eigenvalue weighted by atomic mass is 10.1. The van der Waals surface area contributed by atoms with Crippen molar-refractivity contribution in [2.45, 2.75) is 6.92 Å². The van der Waals surface area contributed by atoms with Crippen LogP contribution in [0.3, 0.4) is 0 Å². The smallest absolute Gasteiger partial charge is 0.293 e. The Hall–Kier alpha value is -3.05. The summed E-state index contributed by atoms with van der Waals surface area (Å²) in [6.45, 7) is 2.04. The first kappa shape index (κ1) is 17.4. The van der Waals surface area contributed by atoms with Crippen molar-refractivity contribution in [3.05, 3.63) is 82.9 Å². The standard InChI is InChI=1S/C22H18N2O2S/c1-15-13-17(14-19-21(25)23(2)22(26)27-19)20(16-9-5-3-6-10-16)24(15)18-11-7-4-8-12-18/h3-14H,1-2H3/b19-14+. The Morgan fingerprint density at radius 1 is 0.926 bits per heavy atom. The monoisotopic (exact) mass is 374 g/mol. The first-order valence-corrected chi connectivity index (χ1v) is 9.42. The molecule has 1 fully saturated rings. The summed E-state index contributed by atoms with van der Waals surface area (Å²) in [5.41, 5.74) is 5.08. The summed E-state index contributed by atoms with van der Waals surface area (Å²) in [5.74, 6) is -0.255. The fourth-order valence-corrected chi connectivity index (χ4v) is 4.08. The van der Waals surface area contributed by atoms with Crippen molar-refractivity contribution in [3.63, 3.8) is 0 Å². The molecule has 1 aliphatic rings. The van der Waals surface area contributed by atoms with Crippen LogP contribution in [0.2, 0.25) is 0 Å². The molecule has 134 valence electrons. The molecule has 0 saturated carbocycles. The van der Waals surface area contributed by atoms with E-state index in [1.807, 2.05) is 49.4 Å². The topological polar surface area (TPSA) is 42.3 Å². The van der Waals surface area contributed by atoms with Crippen LogP contribution in [0.1, 0.15) is 11.3 Å². The Balaban J connectivity index is 1.94. The maximum atomic E-state index is 12.3. The van der Waals surface area contributed by atoms with E-state index in [0.717, 1.165) is 44.9 Å². The van der Waals surface area contributed by atoms with Crippen LogP contribution in [0.4, 0.5) is 4.79 Å². The summed E-state index contributed by atoms with van der Waals surface area (Å²) in [6, 6.07) is 22.3. The van der Waals surface area contributed by atoms with Gasteiger partial charge >= 0.3 is 0 Å².